The number of benzene rings is 2. The van der Waals surface area contributed by atoms with Gasteiger partial charge in [-0.05, 0) is 42.3 Å². The van der Waals surface area contributed by atoms with Gasteiger partial charge in [-0.1, -0.05) is 29.8 Å². The van der Waals surface area contributed by atoms with Crippen LogP contribution in [0.1, 0.15) is 5.56 Å². The molecule has 4 nitrogen and oxygen atoms in total. The summed E-state index contributed by atoms with van der Waals surface area (Å²) >= 11 is 6.03. The zero-order valence-electron chi connectivity index (χ0n) is 12.5. The van der Waals surface area contributed by atoms with Gasteiger partial charge in [0.25, 0.3) is 5.91 Å². The summed E-state index contributed by atoms with van der Waals surface area (Å²) < 4.78 is 5.41. The molecule has 23 heavy (non-hydrogen) atoms. The normalized spacial score (nSPS) is 10.7. The van der Waals surface area contributed by atoms with Crippen LogP contribution in [0.2, 0.25) is 5.02 Å². The Labute approximate surface area is 139 Å². The summed E-state index contributed by atoms with van der Waals surface area (Å²) in [6.45, 7) is 0.570. The number of hydrogen-bond donors (Lipinski definition) is 2. The van der Waals surface area contributed by atoms with Crippen molar-refractivity contribution in [1.82, 2.24) is 10.3 Å². The predicted molar refractivity (Wildman–Crippen MR) is 92.0 cm³/mol. The standard InChI is InChI=1S/C18H17ClN2O2/c19-14-6-7-17-16(10-14)13(11-21-17)8-9-20-18(22)12-23-15-4-2-1-3-5-15/h1-7,10-11,21H,8-9,12H2,(H,20,22). The smallest absolute Gasteiger partial charge is 0.257 e. The molecule has 0 radical (unpaired) electrons. The number of para-hydroxylation sites is 1. The first-order chi connectivity index (χ1) is 11.2. The third-order valence-corrected chi connectivity index (χ3v) is 3.79. The lowest BCUT2D eigenvalue weighted by molar-refractivity contribution is -0.123. The quantitative estimate of drug-likeness (QED) is 0.727. The van der Waals surface area contributed by atoms with Gasteiger partial charge in [0.05, 0.1) is 0 Å². The number of aromatic amines is 1. The fraction of sp³-hybridized carbons (Fsp3) is 0.167. The average molecular weight is 329 g/mol. The molecule has 1 heterocycles. The molecule has 1 amide bonds. The topological polar surface area (TPSA) is 54.1 Å². The van der Waals surface area contributed by atoms with Gasteiger partial charge in [-0.3, -0.25) is 4.79 Å². The zero-order chi connectivity index (χ0) is 16.1. The lowest BCUT2D eigenvalue weighted by Gasteiger charge is -2.07. The van der Waals surface area contributed by atoms with Crippen molar-refractivity contribution in [3.8, 4) is 5.75 Å². The minimum absolute atomic E-state index is 0.0176. The van der Waals surface area contributed by atoms with Gasteiger partial charge in [0.2, 0.25) is 0 Å². The zero-order valence-corrected chi connectivity index (χ0v) is 13.3. The average Bonchev–Trinajstić information content (AvgIpc) is 2.96. The highest BCUT2D eigenvalue weighted by Crippen LogP contribution is 2.22. The molecule has 3 rings (SSSR count). The maximum Gasteiger partial charge on any atom is 0.257 e. The molecule has 0 spiro atoms. The highest BCUT2D eigenvalue weighted by atomic mass is 35.5. The number of fused-ring (bicyclic) bond motifs is 1. The molecule has 0 unspecified atom stereocenters. The summed E-state index contributed by atoms with van der Waals surface area (Å²) in [5.74, 6) is 0.556. The molecule has 5 heteroatoms. The van der Waals surface area contributed by atoms with Gasteiger partial charge in [-0.25, -0.2) is 0 Å². The van der Waals surface area contributed by atoms with Gasteiger partial charge < -0.3 is 15.0 Å². The summed E-state index contributed by atoms with van der Waals surface area (Å²) in [5, 5.41) is 4.66. The summed E-state index contributed by atoms with van der Waals surface area (Å²) in [6.07, 6.45) is 2.69. The molecule has 0 fully saturated rings. The fourth-order valence-electron chi connectivity index (χ4n) is 2.41. The number of carbonyl (C=O) groups excluding carboxylic acids is 1. The summed E-state index contributed by atoms with van der Waals surface area (Å²) in [4.78, 5) is 15.0. The number of carbonyl (C=O) groups is 1. The molecule has 0 aliphatic rings. The van der Waals surface area contributed by atoms with Crippen LogP contribution in [0.3, 0.4) is 0 Å². The highest BCUT2D eigenvalue weighted by molar-refractivity contribution is 6.31. The third kappa shape index (κ3) is 4.05. The second-order valence-corrected chi connectivity index (χ2v) is 5.64. The van der Waals surface area contributed by atoms with Gasteiger partial charge in [-0.15, -0.1) is 0 Å². The molecule has 0 aliphatic heterocycles. The van der Waals surface area contributed by atoms with Crippen molar-refractivity contribution in [2.24, 2.45) is 0 Å². The van der Waals surface area contributed by atoms with Crippen LogP contribution in [0.4, 0.5) is 0 Å². The van der Waals surface area contributed by atoms with Crippen LogP contribution < -0.4 is 10.1 Å². The van der Waals surface area contributed by atoms with Crippen LogP contribution in [0.5, 0.6) is 5.75 Å². The van der Waals surface area contributed by atoms with Crippen LogP contribution in [0.25, 0.3) is 10.9 Å². The molecule has 118 valence electrons. The number of H-pyrrole nitrogens is 1. The van der Waals surface area contributed by atoms with E-state index in [9.17, 15) is 4.79 Å². The second kappa shape index (κ2) is 7.20. The van der Waals surface area contributed by atoms with E-state index in [1.54, 1.807) is 0 Å². The molecular formula is C18H17ClN2O2. The summed E-state index contributed by atoms with van der Waals surface area (Å²) in [5.41, 5.74) is 2.18. The van der Waals surface area contributed by atoms with Crippen molar-refractivity contribution in [2.75, 3.05) is 13.2 Å². The van der Waals surface area contributed by atoms with E-state index in [0.717, 1.165) is 22.9 Å². The van der Waals surface area contributed by atoms with E-state index in [0.29, 0.717) is 17.3 Å². The largest absolute Gasteiger partial charge is 0.484 e. The van der Waals surface area contributed by atoms with E-state index < -0.39 is 0 Å². The number of amides is 1. The Morgan fingerprint density at radius 1 is 1.17 bits per heavy atom. The maximum absolute atomic E-state index is 11.8. The van der Waals surface area contributed by atoms with Crippen molar-refractivity contribution in [1.29, 1.82) is 0 Å². The van der Waals surface area contributed by atoms with Crippen molar-refractivity contribution in [2.45, 2.75) is 6.42 Å². The van der Waals surface area contributed by atoms with Crippen LogP contribution in [-0.4, -0.2) is 24.0 Å². The fourth-order valence-corrected chi connectivity index (χ4v) is 2.58. The van der Waals surface area contributed by atoms with Crippen molar-refractivity contribution in [3.63, 3.8) is 0 Å². The van der Waals surface area contributed by atoms with Crippen molar-refractivity contribution >= 4 is 28.4 Å². The van der Waals surface area contributed by atoms with Crippen LogP contribution in [0, 0.1) is 0 Å². The molecule has 0 saturated heterocycles. The van der Waals surface area contributed by atoms with E-state index in [4.69, 9.17) is 16.3 Å². The number of halogens is 1. The van der Waals surface area contributed by atoms with Crippen molar-refractivity contribution < 1.29 is 9.53 Å². The first kappa shape index (κ1) is 15.4. The van der Waals surface area contributed by atoms with Gasteiger partial charge in [0, 0.05) is 28.7 Å². The second-order valence-electron chi connectivity index (χ2n) is 5.21. The Bertz CT molecular complexity index is 799. The molecular weight excluding hydrogens is 312 g/mol. The maximum atomic E-state index is 11.8. The summed E-state index contributed by atoms with van der Waals surface area (Å²) in [7, 11) is 0. The highest BCUT2D eigenvalue weighted by Gasteiger charge is 2.06. The van der Waals surface area contributed by atoms with Crippen LogP contribution in [0.15, 0.2) is 54.7 Å². The Morgan fingerprint density at radius 3 is 2.83 bits per heavy atom. The molecule has 0 bridgehead atoms. The molecule has 0 atom stereocenters. The lowest BCUT2D eigenvalue weighted by atomic mass is 10.1. The predicted octanol–water partition coefficient (Wildman–Crippen LogP) is 3.56. The number of ether oxygens (including phenoxy) is 1. The van der Waals surface area contributed by atoms with Gasteiger partial charge in [0.15, 0.2) is 6.61 Å². The molecule has 1 aromatic heterocycles. The molecule has 0 saturated carbocycles. The van der Waals surface area contributed by atoms with Crippen LogP contribution in [-0.2, 0) is 11.2 Å². The minimum Gasteiger partial charge on any atom is -0.484 e. The van der Waals surface area contributed by atoms with Gasteiger partial charge >= 0.3 is 0 Å². The first-order valence-corrected chi connectivity index (χ1v) is 7.80. The number of rotatable bonds is 6. The van der Waals surface area contributed by atoms with E-state index in [-0.39, 0.29) is 12.5 Å². The first-order valence-electron chi connectivity index (χ1n) is 7.42. The lowest BCUT2D eigenvalue weighted by Crippen LogP contribution is -2.30. The van der Waals surface area contributed by atoms with E-state index in [1.807, 2.05) is 54.7 Å². The Balaban J connectivity index is 1.48. The molecule has 2 N–H and O–H groups in total. The summed E-state index contributed by atoms with van der Waals surface area (Å²) in [6, 6.07) is 15.0. The van der Waals surface area contributed by atoms with Crippen LogP contribution >= 0.6 is 11.6 Å². The number of aromatic nitrogens is 1. The van der Waals surface area contributed by atoms with E-state index >= 15 is 0 Å². The minimum atomic E-state index is -0.133. The third-order valence-electron chi connectivity index (χ3n) is 3.56. The van der Waals surface area contributed by atoms with E-state index in [1.165, 1.54) is 0 Å². The number of nitrogens with one attached hydrogen (secondary N) is 2. The van der Waals surface area contributed by atoms with Crippen molar-refractivity contribution in [3.05, 3.63) is 65.3 Å². The van der Waals surface area contributed by atoms with E-state index in [2.05, 4.69) is 10.3 Å². The van der Waals surface area contributed by atoms with Gasteiger partial charge in [-0.2, -0.15) is 0 Å². The SMILES string of the molecule is O=C(COc1ccccc1)NCCc1c[nH]c2ccc(Cl)cc12. The Morgan fingerprint density at radius 2 is 2.00 bits per heavy atom. The monoisotopic (exact) mass is 328 g/mol. The Hall–Kier alpha value is -2.46. The molecule has 2 aromatic carbocycles. The Kier molecular flexibility index (Phi) is 4.83. The molecule has 3 aromatic rings. The van der Waals surface area contributed by atoms with Gasteiger partial charge in [0.1, 0.15) is 5.75 Å². The number of hydrogen-bond acceptors (Lipinski definition) is 2. The molecule has 0 aliphatic carbocycles.